The first kappa shape index (κ1) is 15.5. The highest BCUT2D eigenvalue weighted by molar-refractivity contribution is 6.04. The van der Waals surface area contributed by atoms with Crippen LogP contribution in [0.15, 0.2) is 67.1 Å². The Balaban J connectivity index is 1.73. The van der Waals surface area contributed by atoms with Gasteiger partial charge in [0, 0.05) is 29.7 Å². The Bertz CT molecular complexity index is 838. The van der Waals surface area contributed by atoms with Crippen LogP contribution >= 0.6 is 0 Å². The molecule has 0 bridgehead atoms. The largest absolute Gasteiger partial charge is 0.497 e. The molecule has 0 saturated carbocycles. The van der Waals surface area contributed by atoms with Gasteiger partial charge in [0.25, 0.3) is 5.91 Å². The SMILES string of the molecule is COc1cccc(C(=O)Nc2cccc(Oc3cnccn3)c2)c1. The zero-order valence-electron chi connectivity index (χ0n) is 13.0. The lowest BCUT2D eigenvalue weighted by molar-refractivity contribution is 0.102. The fourth-order valence-corrected chi connectivity index (χ4v) is 2.06. The highest BCUT2D eigenvalue weighted by Gasteiger charge is 2.08. The Morgan fingerprint density at radius 2 is 1.88 bits per heavy atom. The number of benzene rings is 2. The predicted octanol–water partition coefficient (Wildman–Crippen LogP) is 3.53. The van der Waals surface area contributed by atoms with E-state index in [1.54, 1.807) is 68.0 Å². The van der Waals surface area contributed by atoms with E-state index in [-0.39, 0.29) is 5.91 Å². The molecule has 1 amide bonds. The molecule has 0 aliphatic heterocycles. The van der Waals surface area contributed by atoms with Crippen LogP contribution in [0.5, 0.6) is 17.4 Å². The van der Waals surface area contributed by atoms with Crippen molar-refractivity contribution in [3.8, 4) is 17.4 Å². The number of nitrogens with zero attached hydrogens (tertiary/aromatic N) is 2. The minimum atomic E-state index is -0.231. The third-order valence-corrected chi connectivity index (χ3v) is 3.19. The van der Waals surface area contributed by atoms with Gasteiger partial charge in [-0.1, -0.05) is 12.1 Å². The van der Waals surface area contributed by atoms with Gasteiger partial charge in [-0.2, -0.15) is 0 Å². The Morgan fingerprint density at radius 1 is 1.04 bits per heavy atom. The Morgan fingerprint density at radius 3 is 2.67 bits per heavy atom. The number of methoxy groups -OCH3 is 1. The summed E-state index contributed by atoms with van der Waals surface area (Å²) in [7, 11) is 1.56. The van der Waals surface area contributed by atoms with Crippen molar-refractivity contribution < 1.29 is 14.3 Å². The second-order valence-corrected chi connectivity index (χ2v) is 4.86. The minimum absolute atomic E-state index is 0.231. The third-order valence-electron chi connectivity index (χ3n) is 3.19. The molecular formula is C18H15N3O3. The summed E-state index contributed by atoms with van der Waals surface area (Å²) in [5.41, 5.74) is 1.12. The highest BCUT2D eigenvalue weighted by Crippen LogP contribution is 2.23. The fraction of sp³-hybridized carbons (Fsp3) is 0.0556. The van der Waals surface area contributed by atoms with Crippen LogP contribution in [0.2, 0.25) is 0 Å². The van der Waals surface area contributed by atoms with Crippen molar-refractivity contribution in [1.29, 1.82) is 0 Å². The molecule has 0 atom stereocenters. The molecule has 24 heavy (non-hydrogen) atoms. The Kier molecular flexibility index (Phi) is 4.67. The van der Waals surface area contributed by atoms with Crippen molar-refractivity contribution in [2.75, 3.05) is 12.4 Å². The molecule has 0 radical (unpaired) electrons. The lowest BCUT2D eigenvalue weighted by Gasteiger charge is -2.09. The van der Waals surface area contributed by atoms with E-state index in [4.69, 9.17) is 9.47 Å². The Hall–Kier alpha value is -3.41. The highest BCUT2D eigenvalue weighted by atomic mass is 16.5. The van der Waals surface area contributed by atoms with Gasteiger partial charge in [-0.05, 0) is 30.3 Å². The van der Waals surface area contributed by atoms with Crippen LogP contribution < -0.4 is 14.8 Å². The van der Waals surface area contributed by atoms with E-state index in [0.717, 1.165) is 0 Å². The smallest absolute Gasteiger partial charge is 0.255 e. The van der Waals surface area contributed by atoms with Crippen molar-refractivity contribution in [1.82, 2.24) is 9.97 Å². The number of aromatic nitrogens is 2. The van der Waals surface area contributed by atoms with E-state index in [9.17, 15) is 4.79 Å². The first-order chi connectivity index (χ1) is 11.7. The van der Waals surface area contributed by atoms with Crippen molar-refractivity contribution >= 4 is 11.6 Å². The number of nitrogens with one attached hydrogen (secondary N) is 1. The van der Waals surface area contributed by atoms with E-state index in [1.807, 2.05) is 0 Å². The number of carbonyl (C=O) groups excluding carboxylic acids is 1. The molecule has 0 aliphatic rings. The number of rotatable bonds is 5. The van der Waals surface area contributed by atoms with Gasteiger partial charge in [-0.3, -0.25) is 9.78 Å². The number of anilines is 1. The van der Waals surface area contributed by atoms with Gasteiger partial charge < -0.3 is 14.8 Å². The van der Waals surface area contributed by atoms with Crippen LogP contribution in [-0.2, 0) is 0 Å². The first-order valence-electron chi connectivity index (χ1n) is 7.24. The van der Waals surface area contributed by atoms with Gasteiger partial charge in [0.2, 0.25) is 5.88 Å². The first-order valence-corrected chi connectivity index (χ1v) is 7.24. The molecule has 0 fully saturated rings. The number of ether oxygens (including phenoxy) is 2. The molecule has 1 N–H and O–H groups in total. The maximum absolute atomic E-state index is 12.3. The maximum Gasteiger partial charge on any atom is 0.255 e. The molecule has 0 unspecified atom stereocenters. The van der Waals surface area contributed by atoms with Crippen molar-refractivity contribution in [2.24, 2.45) is 0 Å². The van der Waals surface area contributed by atoms with E-state index < -0.39 is 0 Å². The van der Waals surface area contributed by atoms with E-state index in [2.05, 4.69) is 15.3 Å². The van der Waals surface area contributed by atoms with Crippen LogP contribution in [0, 0.1) is 0 Å². The summed E-state index contributed by atoms with van der Waals surface area (Å²) in [4.78, 5) is 20.3. The molecule has 3 aromatic rings. The summed E-state index contributed by atoms with van der Waals surface area (Å²) >= 11 is 0. The van der Waals surface area contributed by atoms with E-state index >= 15 is 0 Å². The van der Waals surface area contributed by atoms with Gasteiger partial charge in [0.1, 0.15) is 11.5 Å². The van der Waals surface area contributed by atoms with Crippen molar-refractivity contribution in [2.45, 2.75) is 0 Å². The van der Waals surface area contributed by atoms with Crippen LogP contribution in [0.4, 0.5) is 5.69 Å². The minimum Gasteiger partial charge on any atom is -0.497 e. The van der Waals surface area contributed by atoms with E-state index in [0.29, 0.717) is 28.6 Å². The lowest BCUT2D eigenvalue weighted by atomic mass is 10.2. The number of carbonyl (C=O) groups is 1. The topological polar surface area (TPSA) is 73.3 Å². The molecule has 1 aromatic heterocycles. The quantitative estimate of drug-likeness (QED) is 0.778. The summed E-state index contributed by atoms with van der Waals surface area (Å²) in [6, 6.07) is 14.0. The van der Waals surface area contributed by atoms with E-state index in [1.165, 1.54) is 6.20 Å². The van der Waals surface area contributed by atoms with Crippen LogP contribution in [-0.4, -0.2) is 23.0 Å². The molecule has 0 saturated heterocycles. The van der Waals surface area contributed by atoms with Crippen molar-refractivity contribution in [3.05, 3.63) is 72.7 Å². The second-order valence-electron chi connectivity index (χ2n) is 4.86. The summed E-state index contributed by atoms with van der Waals surface area (Å²) in [6.45, 7) is 0. The summed E-state index contributed by atoms with van der Waals surface area (Å²) in [5, 5.41) is 2.83. The lowest BCUT2D eigenvalue weighted by Crippen LogP contribution is -2.11. The van der Waals surface area contributed by atoms with Crippen LogP contribution in [0.1, 0.15) is 10.4 Å². The average Bonchev–Trinajstić information content (AvgIpc) is 2.63. The Labute approximate surface area is 139 Å². The molecule has 6 nitrogen and oxygen atoms in total. The average molecular weight is 321 g/mol. The third kappa shape index (κ3) is 3.86. The number of hydrogen-bond donors (Lipinski definition) is 1. The number of hydrogen-bond acceptors (Lipinski definition) is 5. The maximum atomic E-state index is 12.3. The predicted molar refractivity (Wildman–Crippen MR) is 89.5 cm³/mol. The molecule has 1 heterocycles. The monoisotopic (exact) mass is 321 g/mol. The van der Waals surface area contributed by atoms with Gasteiger partial charge in [0.05, 0.1) is 13.3 Å². The van der Waals surface area contributed by atoms with Gasteiger partial charge in [0.15, 0.2) is 0 Å². The van der Waals surface area contributed by atoms with Gasteiger partial charge >= 0.3 is 0 Å². The van der Waals surface area contributed by atoms with Crippen LogP contribution in [0.3, 0.4) is 0 Å². The number of amides is 1. The zero-order chi connectivity index (χ0) is 16.8. The standard InChI is InChI=1S/C18H15N3O3/c1-23-15-6-2-4-13(10-15)18(22)21-14-5-3-7-16(11-14)24-17-12-19-8-9-20-17/h2-12H,1H3,(H,21,22). The molecule has 120 valence electrons. The fourth-order valence-electron chi connectivity index (χ4n) is 2.06. The normalized spacial score (nSPS) is 10.0. The summed E-state index contributed by atoms with van der Waals surface area (Å²) < 4.78 is 10.7. The van der Waals surface area contributed by atoms with Crippen LogP contribution in [0.25, 0.3) is 0 Å². The summed E-state index contributed by atoms with van der Waals surface area (Å²) in [5.74, 6) is 1.33. The summed E-state index contributed by atoms with van der Waals surface area (Å²) in [6.07, 6.45) is 4.63. The molecule has 0 aliphatic carbocycles. The zero-order valence-corrected chi connectivity index (χ0v) is 13.0. The van der Waals surface area contributed by atoms with Gasteiger partial charge in [-0.25, -0.2) is 4.98 Å². The molecule has 0 spiro atoms. The molecular weight excluding hydrogens is 306 g/mol. The second kappa shape index (κ2) is 7.23. The molecule has 6 heteroatoms. The molecule has 2 aromatic carbocycles. The van der Waals surface area contributed by atoms with Crippen molar-refractivity contribution in [3.63, 3.8) is 0 Å². The van der Waals surface area contributed by atoms with Gasteiger partial charge in [-0.15, -0.1) is 0 Å². The molecule has 3 rings (SSSR count).